The fourth-order valence-electron chi connectivity index (χ4n) is 3.65. The van der Waals surface area contributed by atoms with Crippen LogP contribution in [0.1, 0.15) is 35.0 Å². The van der Waals surface area contributed by atoms with Crippen LogP contribution in [0, 0.1) is 6.92 Å². The van der Waals surface area contributed by atoms with Crippen LogP contribution in [0.3, 0.4) is 0 Å². The van der Waals surface area contributed by atoms with Crippen LogP contribution >= 0.6 is 11.3 Å². The molecular weight excluding hydrogens is 410 g/mol. The maximum absolute atomic E-state index is 5.92. The van der Waals surface area contributed by atoms with Gasteiger partial charge >= 0.3 is 0 Å². The highest BCUT2D eigenvalue weighted by Crippen LogP contribution is 2.31. The lowest BCUT2D eigenvalue weighted by Gasteiger charge is -2.31. The number of hydrogen-bond donors (Lipinski definition) is 0. The van der Waals surface area contributed by atoms with Crippen molar-refractivity contribution in [2.45, 2.75) is 32.3 Å². The Labute approximate surface area is 184 Å². The van der Waals surface area contributed by atoms with E-state index in [2.05, 4.69) is 30.6 Å². The highest BCUT2D eigenvalue weighted by molar-refractivity contribution is 7.09. The Morgan fingerprint density at radius 2 is 1.87 bits per heavy atom. The van der Waals surface area contributed by atoms with Gasteiger partial charge < -0.3 is 9.64 Å². The van der Waals surface area contributed by atoms with E-state index in [4.69, 9.17) is 9.72 Å². The minimum atomic E-state index is 0.467. The Morgan fingerprint density at radius 3 is 2.58 bits per heavy atom. The minimum absolute atomic E-state index is 0.467. The zero-order valence-electron chi connectivity index (χ0n) is 17.3. The molecule has 3 aromatic heterocycles. The number of ether oxygens (including phenoxy) is 1. The third kappa shape index (κ3) is 4.56. The number of rotatable bonds is 6. The average molecular weight is 434 g/mol. The molecule has 8 nitrogen and oxygen atoms in total. The van der Waals surface area contributed by atoms with E-state index in [1.807, 2.05) is 49.8 Å². The van der Waals surface area contributed by atoms with E-state index < -0.39 is 0 Å². The fraction of sp³-hybridized carbons (Fsp3) is 0.318. The van der Waals surface area contributed by atoms with Crippen molar-refractivity contribution in [3.63, 3.8) is 0 Å². The molecule has 0 saturated carbocycles. The third-order valence-corrected chi connectivity index (χ3v) is 6.43. The predicted octanol–water partition coefficient (Wildman–Crippen LogP) is 3.79. The first-order valence-corrected chi connectivity index (χ1v) is 11.2. The summed E-state index contributed by atoms with van der Waals surface area (Å²) in [4.78, 5) is 16.0. The van der Waals surface area contributed by atoms with E-state index >= 15 is 0 Å². The molecule has 0 amide bonds. The molecule has 1 aliphatic heterocycles. The first-order valence-electron chi connectivity index (χ1n) is 10.3. The van der Waals surface area contributed by atoms with Crippen molar-refractivity contribution in [3.8, 4) is 11.4 Å². The van der Waals surface area contributed by atoms with Gasteiger partial charge in [0, 0.05) is 36.8 Å². The summed E-state index contributed by atoms with van der Waals surface area (Å²) >= 11 is 1.73. The van der Waals surface area contributed by atoms with E-state index in [1.54, 1.807) is 22.2 Å². The Balaban J connectivity index is 1.14. The molecule has 5 rings (SSSR count). The summed E-state index contributed by atoms with van der Waals surface area (Å²) in [6.45, 7) is 4.39. The second-order valence-corrected chi connectivity index (χ2v) is 8.52. The maximum atomic E-state index is 5.92. The standard InChI is InChI=1S/C22H23N7OS/c1-16-12-23-22(24-13-16)28-9-6-17(7-10-28)21-26-18(15-31-21)14-30-20-4-2-19(3-5-20)29-11-8-25-27-29/h2-5,8,11-13,15,17H,6-7,9-10,14H2,1H3. The zero-order chi connectivity index (χ0) is 21.0. The monoisotopic (exact) mass is 433 g/mol. The van der Waals surface area contributed by atoms with Gasteiger partial charge in [-0.2, -0.15) is 0 Å². The lowest BCUT2D eigenvalue weighted by Crippen LogP contribution is -2.34. The Hall–Kier alpha value is -3.33. The van der Waals surface area contributed by atoms with Gasteiger partial charge in [0.25, 0.3) is 0 Å². The average Bonchev–Trinajstić information content (AvgIpc) is 3.51. The summed E-state index contributed by atoms with van der Waals surface area (Å²) < 4.78 is 7.64. The van der Waals surface area contributed by atoms with Crippen molar-refractivity contribution in [2.24, 2.45) is 0 Å². The fourth-order valence-corrected chi connectivity index (χ4v) is 4.63. The molecule has 31 heavy (non-hydrogen) atoms. The summed E-state index contributed by atoms with van der Waals surface area (Å²) in [5.74, 6) is 2.12. The summed E-state index contributed by atoms with van der Waals surface area (Å²) in [6, 6.07) is 7.80. The Morgan fingerprint density at radius 1 is 1.10 bits per heavy atom. The summed E-state index contributed by atoms with van der Waals surface area (Å²) in [5, 5.41) is 11.1. The van der Waals surface area contributed by atoms with E-state index in [-0.39, 0.29) is 0 Å². The number of benzene rings is 1. The van der Waals surface area contributed by atoms with Crippen molar-refractivity contribution in [1.82, 2.24) is 29.9 Å². The first kappa shape index (κ1) is 19.6. The van der Waals surface area contributed by atoms with Gasteiger partial charge in [-0.1, -0.05) is 5.21 Å². The predicted molar refractivity (Wildman–Crippen MR) is 119 cm³/mol. The number of aromatic nitrogens is 6. The van der Waals surface area contributed by atoms with Gasteiger partial charge in [0.1, 0.15) is 12.4 Å². The van der Waals surface area contributed by atoms with Crippen LogP contribution in [-0.4, -0.2) is 43.0 Å². The molecule has 4 aromatic rings. The lowest BCUT2D eigenvalue weighted by atomic mass is 9.98. The normalized spacial score (nSPS) is 14.7. The van der Waals surface area contributed by atoms with Crippen LogP contribution in [0.5, 0.6) is 5.75 Å². The van der Waals surface area contributed by atoms with E-state index in [1.165, 1.54) is 5.01 Å². The molecule has 0 atom stereocenters. The van der Waals surface area contributed by atoms with Crippen LogP contribution in [0.2, 0.25) is 0 Å². The van der Waals surface area contributed by atoms with E-state index in [9.17, 15) is 0 Å². The number of anilines is 1. The van der Waals surface area contributed by atoms with Gasteiger partial charge in [0.05, 0.1) is 28.8 Å². The van der Waals surface area contributed by atoms with Crippen LogP contribution in [0.25, 0.3) is 5.69 Å². The van der Waals surface area contributed by atoms with Gasteiger partial charge in [-0.3, -0.25) is 0 Å². The first-order chi connectivity index (χ1) is 15.2. The van der Waals surface area contributed by atoms with Crippen LogP contribution in [0.4, 0.5) is 5.95 Å². The van der Waals surface area contributed by atoms with Crippen molar-refractivity contribution >= 4 is 17.3 Å². The highest BCUT2D eigenvalue weighted by Gasteiger charge is 2.24. The molecule has 0 N–H and O–H groups in total. The van der Waals surface area contributed by atoms with E-state index in [0.29, 0.717) is 12.5 Å². The maximum Gasteiger partial charge on any atom is 0.225 e. The van der Waals surface area contributed by atoms with Crippen LogP contribution < -0.4 is 9.64 Å². The SMILES string of the molecule is Cc1cnc(N2CCC(c3nc(COc4ccc(-n5ccnn5)cc4)cs3)CC2)nc1. The number of nitrogens with zero attached hydrogens (tertiary/aromatic N) is 7. The number of aryl methyl sites for hydroxylation is 1. The van der Waals surface area contributed by atoms with Gasteiger partial charge in [-0.05, 0) is 49.6 Å². The number of piperidine rings is 1. The lowest BCUT2D eigenvalue weighted by molar-refractivity contribution is 0.301. The molecule has 9 heteroatoms. The molecule has 0 radical (unpaired) electrons. The topological polar surface area (TPSA) is 81.9 Å². The summed E-state index contributed by atoms with van der Waals surface area (Å²) in [7, 11) is 0. The molecule has 158 valence electrons. The molecule has 0 aliphatic carbocycles. The van der Waals surface area contributed by atoms with Crippen LogP contribution in [-0.2, 0) is 6.61 Å². The molecule has 1 fully saturated rings. The molecule has 0 bridgehead atoms. The largest absolute Gasteiger partial charge is 0.487 e. The van der Waals surface area contributed by atoms with Crippen molar-refractivity contribution < 1.29 is 4.74 Å². The Bertz CT molecular complexity index is 1100. The Kier molecular flexibility index (Phi) is 5.57. The molecule has 0 spiro atoms. The highest BCUT2D eigenvalue weighted by atomic mass is 32.1. The molecule has 1 saturated heterocycles. The number of thiazole rings is 1. The molecule has 0 unspecified atom stereocenters. The van der Waals surface area contributed by atoms with Gasteiger partial charge in [0.15, 0.2) is 0 Å². The smallest absolute Gasteiger partial charge is 0.225 e. The van der Waals surface area contributed by atoms with Gasteiger partial charge in [0.2, 0.25) is 5.95 Å². The van der Waals surface area contributed by atoms with Crippen molar-refractivity contribution in [1.29, 1.82) is 0 Å². The van der Waals surface area contributed by atoms with Gasteiger partial charge in [-0.15, -0.1) is 16.4 Å². The summed E-state index contributed by atoms with van der Waals surface area (Å²) in [5.41, 5.74) is 3.01. The van der Waals surface area contributed by atoms with Crippen molar-refractivity contribution in [2.75, 3.05) is 18.0 Å². The van der Waals surface area contributed by atoms with Gasteiger partial charge in [-0.25, -0.2) is 19.6 Å². The molecule has 1 aromatic carbocycles. The third-order valence-electron chi connectivity index (χ3n) is 5.37. The minimum Gasteiger partial charge on any atom is -0.487 e. The molecular formula is C22H23N7OS. The second-order valence-electron chi connectivity index (χ2n) is 7.63. The second kappa shape index (κ2) is 8.81. The molecule has 1 aliphatic rings. The van der Waals surface area contributed by atoms with E-state index in [0.717, 1.165) is 54.6 Å². The quantitative estimate of drug-likeness (QED) is 0.458. The zero-order valence-corrected chi connectivity index (χ0v) is 18.1. The number of hydrogen-bond acceptors (Lipinski definition) is 8. The van der Waals surface area contributed by atoms with Crippen LogP contribution in [0.15, 0.2) is 54.4 Å². The van der Waals surface area contributed by atoms with Crippen molar-refractivity contribution in [3.05, 3.63) is 70.7 Å². The summed E-state index contributed by atoms with van der Waals surface area (Å²) in [6.07, 6.45) is 9.35. The molecule has 4 heterocycles.